The van der Waals surface area contributed by atoms with Gasteiger partial charge in [-0.25, -0.2) is 0 Å². The molecule has 0 saturated carbocycles. The maximum Gasteiger partial charge on any atom is 0.311 e. The summed E-state index contributed by atoms with van der Waals surface area (Å²) in [6.07, 6.45) is -0.649. The van der Waals surface area contributed by atoms with E-state index in [4.69, 9.17) is 9.84 Å². The maximum atomic E-state index is 10.7. The summed E-state index contributed by atoms with van der Waals surface area (Å²) in [5.74, 6) is 0.225. The van der Waals surface area contributed by atoms with Crippen LogP contribution in [0.4, 0.5) is 5.69 Å². The number of ether oxygens (including phenoxy) is 1. The molecule has 0 radical (unpaired) electrons. The molecule has 1 aromatic rings. The summed E-state index contributed by atoms with van der Waals surface area (Å²) in [5, 5.41) is 19.7. The van der Waals surface area contributed by atoms with E-state index in [1.165, 1.54) is 6.07 Å². The highest BCUT2D eigenvalue weighted by molar-refractivity contribution is 5.51. The molecule has 0 fully saturated rings. The fraction of sp³-hybridized carbons (Fsp3) is 0.400. The Hall–Kier alpha value is -1.62. The van der Waals surface area contributed by atoms with E-state index in [1.807, 2.05) is 0 Å². The quantitative estimate of drug-likeness (QED) is 0.607. The smallest absolute Gasteiger partial charge is 0.311 e. The number of nitro groups is 1. The summed E-state index contributed by atoms with van der Waals surface area (Å²) in [4.78, 5) is 10.2. The normalized spacial score (nSPS) is 12.2. The maximum absolute atomic E-state index is 10.7. The number of rotatable bonds is 4. The van der Waals surface area contributed by atoms with E-state index in [0.717, 1.165) is 0 Å². The van der Waals surface area contributed by atoms with Crippen LogP contribution in [0.1, 0.15) is 12.5 Å². The van der Waals surface area contributed by atoms with E-state index in [2.05, 4.69) is 0 Å². The average Bonchev–Trinajstić information content (AvgIpc) is 2.15. The fourth-order valence-corrected chi connectivity index (χ4v) is 1.17. The van der Waals surface area contributed by atoms with Crippen LogP contribution < -0.4 is 4.74 Å². The zero-order chi connectivity index (χ0) is 11.4. The third-order valence-corrected chi connectivity index (χ3v) is 1.86. The molecule has 1 N–H and O–H groups in total. The first-order valence-corrected chi connectivity index (χ1v) is 4.57. The minimum Gasteiger partial charge on any atom is -0.484 e. The van der Waals surface area contributed by atoms with Crippen LogP contribution in [-0.2, 0) is 0 Å². The molecule has 0 aliphatic heterocycles. The molecule has 15 heavy (non-hydrogen) atoms. The van der Waals surface area contributed by atoms with Crippen molar-refractivity contribution in [3.8, 4) is 5.75 Å². The zero-order valence-electron chi connectivity index (χ0n) is 8.64. The largest absolute Gasteiger partial charge is 0.484 e. The second kappa shape index (κ2) is 4.75. The van der Waals surface area contributed by atoms with Gasteiger partial charge in [0.2, 0.25) is 0 Å². The van der Waals surface area contributed by atoms with Crippen molar-refractivity contribution >= 4 is 5.69 Å². The van der Waals surface area contributed by atoms with Crippen molar-refractivity contribution in [2.75, 3.05) is 6.61 Å². The number of aliphatic hydroxyl groups is 1. The van der Waals surface area contributed by atoms with E-state index in [-0.39, 0.29) is 18.0 Å². The van der Waals surface area contributed by atoms with Gasteiger partial charge in [-0.05, 0) is 19.4 Å². The molecule has 1 atom stereocenters. The number of para-hydroxylation sites is 1. The lowest BCUT2D eigenvalue weighted by molar-refractivity contribution is -0.386. The summed E-state index contributed by atoms with van der Waals surface area (Å²) in [5.41, 5.74) is 0.612. The number of nitrogens with zero attached hydrogens (tertiary/aromatic N) is 1. The Morgan fingerprint density at radius 1 is 1.60 bits per heavy atom. The topological polar surface area (TPSA) is 72.6 Å². The molecule has 1 rings (SSSR count). The standard InChI is InChI=1S/C10H13NO4/c1-7-4-3-5-9(11(13)14)10(7)15-6-8(2)12/h3-5,8,12H,6H2,1-2H3. The number of hydrogen-bond donors (Lipinski definition) is 1. The molecule has 0 amide bonds. The van der Waals surface area contributed by atoms with E-state index in [9.17, 15) is 10.1 Å². The van der Waals surface area contributed by atoms with E-state index >= 15 is 0 Å². The lowest BCUT2D eigenvalue weighted by atomic mass is 10.2. The van der Waals surface area contributed by atoms with Crippen molar-refractivity contribution in [2.24, 2.45) is 0 Å². The Morgan fingerprint density at radius 3 is 2.80 bits per heavy atom. The van der Waals surface area contributed by atoms with Gasteiger partial charge in [-0.3, -0.25) is 10.1 Å². The highest BCUT2D eigenvalue weighted by Crippen LogP contribution is 2.30. The highest BCUT2D eigenvalue weighted by Gasteiger charge is 2.17. The van der Waals surface area contributed by atoms with Crippen LogP contribution in [0.2, 0.25) is 0 Å². The van der Waals surface area contributed by atoms with Gasteiger partial charge in [0.1, 0.15) is 6.61 Å². The van der Waals surface area contributed by atoms with Crippen molar-refractivity contribution in [3.05, 3.63) is 33.9 Å². The SMILES string of the molecule is Cc1cccc([N+](=O)[O-])c1OCC(C)O. The van der Waals surface area contributed by atoms with Crippen LogP contribution in [0.5, 0.6) is 5.75 Å². The number of aryl methyl sites for hydroxylation is 1. The molecule has 82 valence electrons. The van der Waals surface area contributed by atoms with E-state index in [1.54, 1.807) is 26.0 Å². The van der Waals surface area contributed by atoms with Gasteiger partial charge < -0.3 is 9.84 Å². The molecule has 1 aromatic carbocycles. The lowest BCUT2D eigenvalue weighted by Gasteiger charge is -2.10. The first-order chi connectivity index (χ1) is 7.02. The Morgan fingerprint density at radius 2 is 2.27 bits per heavy atom. The van der Waals surface area contributed by atoms with Gasteiger partial charge in [-0.2, -0.15) is 0 Å². The molecule has 0 spiro atoms. The molecular formula is C10H13NO4. The monoisotopic (exact) mass is 211 g/mol. The summed E-state index contributed by atoms with van der Waals surface area (Å²) in [6, 6.07) is 4.71. The fourth-order valence-electron chi connectivity index (χ4n) is 1.17. The second-order valence-electron chi connectivity index (χ2n) is 3.34. The zero-order valence-corrected chi connectivity index (χ0v) is 8.64. The molecule has 0 aromatic heterocycles. The van der Waals surface area contributed by atoms with Gasteiger partial charge >= 0.3 is 5.69 Å². The molecule has 0 bridgehead atoms. The number of benzene rings is 1. The van der Waals surface area contributed by atoms with Crippen molar-refractivity contribution in [2.45, 2.75) is 20.0 Å². The van der Waals surface area contributed by atoms with Crippen LogP contribution >= 0.6 is 0 Å². The van der Waals surface area contributed by atoms with Gasteiger partial charge in [0.15, 0.2) is 5.75 Å². The van der Waals surface area contributed by atoms with Crippen LogP contribution in [0, 0.1) is 17.0 Å². The van der Waals surface area contributed by atoms with Crippen molar-refractivity contribution in [1.82, 2.24) is 0 Å². The van der Waals surface area contributed by atoms with Gasteiger partial charge in [-0.15, -0.1) is 0 Å². The predicted octanol–water partition coefficient (Wildman–Crippen LogP) is 1.66. The predicted molar refractivity (Wildman–Crippen MR) is 55.0 cm³/mol. The van der Waals surface area contributed by atoms with Gasteiger partial charge in [-0.1, -0.05) is 12.1 Å². The molecule has 0 saturated heterocycles. The van der Waals surface area contributed by atoms with Crippen LogP contribution in [0.25, 0.3) is 0 Å². The second-order valence-corrected chi connectivity index (χ2v) is 3.34. The summed E-state index contributed by atoms with van der Waals surface area (Å²) in [6.45, 7) is 3.33. The molecule has 0 heterocycles. The van der Waals surface area contributed by atoms with Crippen molar-refractivity contribution in [3.63, 3.8) is 0 Å². The number of hydrogen-bond acceptors (Lipinski definition) is 4. The first-order valence-electron chi connectivity index (χ1n) is 4.57. The van der Waals surface area contributed by atoms with Crippen molar-refractivity contribution < 1.29 is 14.8 Å². The molecule has 1 unspecified atom stereocenters. The first kappa shape index (κ1) is 11.5. The lowest BCUT2D eigenvalue weighted by Crippen LogP contribution is -2.14. The van der Waals surface area contributed by atoms with E-state index in [0.29, 0.717) is 5.56 Å². The summed E-state index contributed by atoms with van der Waals surface area (Å²) < 4.78 is 5.20. The summed E-state index contributed by atoms with van der Waals surface area (Å²) in [7, 11) is 0. The third-order valence-electron chi connectivity index (χ3n) is 1.86. The molecule has 5 heteroatoms. The average molecular weight is 211 g/mol. The molecule has 0 aliphatic carbocycles. The van der Waals surface area contributed by atoms with Crippen LogP contribution in [0.3, 0.4) is 0 Å². The molecule has 0 aliphatic rings. The minimum atomic E-state index is -0.649. The van der Waals surface area contributed by atoms with Crippen LogP contribution in [0.15, 0.2) is 18.2 Å². The van der Waals surface area contributed by atoms with E-state index < -0.39 is 11.0 Å². The van der Waals surface area contributed by atoms with Gasteiger partial charge in [0, 0.05) is 6.07 Å². The van der Waals surface area contributed by atoms with Gasteiger partial charge in [0.25, 0.3) is 0 Å². The summed E-state index contributed by atoms with van der Waals surface area (Å²) >= 11 is 0. The van der Waals surface area contributed by atoms with Crippen LogP contribution in [-0.4, -0.2) is 22.7 Å². The number of nitro benzene ring substituents is 1. The Kier molecular flexibility index (Phi) is 3.62. The molecule has 5 nitrogen and oxygen atoms in total. The minimum absolute atomic E-state index is 0.0473. The van der Waals surface area contributed by atoms with Gasteiger partial charge in [0.05, 0.1) is 11.0 Å². The number of aliphatic hydroxyl groups excluding tert-OH is 1. The Bertz CT molecular complexity index is 362. The Balaban J connectivity index is 2.97. The molecular weight excluding hydrogens is 198 g/mol. The van der Waals surface area contributed by atoms with Crippen molar-refractivity contribution in [1.29, 1.82) is 0 Å². The Labute approximate surface area is 87.5 Å². The highest BCUT2D eigenvalue weighted by atomic mass is 16.6. The third kappa shape index (κ3) is 2.92.